The molecule has 0 fully saturated rings. The van der Waals surface area contributed by atoms with Gasteiger partial charge in [-0.1, -0.05) is 19.8 Å². The van der Waals surface area contributed by atoms with Crippen LogP contribution in [0.1, 0.15) is 36.5 Å². The Hall–Kier alpha value is -1.97. The van der Waals surface area contributed by atoms with Crippen LogP contribution in [0.3, 0.4) is 0 Å². The van der Waals surface area contributed by atoms with Crippen LogP contribution in [0.25, 0.3) is 10.9 Å². The maximum Gasteiger partial charge on any atom is 0.252 e. The van der Waals surface area contributed by atoms with Crippen LogP contribution in [0.15, 0.2) is 30.5 Å². The van der Waals surface area contributed by atoms with E-state index in [4.69, 9.17) is 0 Å². The number of nitrogens with zero attached hydrogens (tertiary/aromatic N) is 1. The van der Waals surface area contributed by atoms with Crippen molar-refractivity contribution < 1.29 is 9.18 Å². The molecule has 1 N–H and O–H groups in total. The first kappa shape index (κ1) is 13.5. The van der Waals surface area contributed by atoms with Gasteiger partial charge in [0.1, 0.15) is 5.82 Å². The third kappa shape index (κ3) is 3.50. The summed E-state index contributed by atoms with van der Waals surface area (Å²) in [5, 5.41) is 3.62. The Balaban J connectivity index is 2.08. The molecule has 4 heteroatoms. The van der Waals surface area contributed by atoms with Gasteiger partial charge in [0.2, 0.25) is 0 Å². The summed E-state index contributed by atoms with van der Waals surface area (Å²) in [5.74, 6) is -0.452. The van der Waals surface area contributed by atoms with E-state index in [1.165, 1.54) is 18.3 Å². The van der Waals surface area contributed by atoms with E-state index < -0.39 is 0 Å². The van der Waals surface area contributed by atoms with E-state index in [-0.39, 0.29) is 11.7 Å². The second-order valence-electron chi connectivity index (χ2n) is 4.52. The van der Waals surface area contributed by atoms with E-state index >= 15 is 0 Å². The number of hydrogen-bond acceptors (Lipinski definition) is 2. The van der Waals surface area contributed by atoms with Crippen molar-refractivity contribution in [1.82, 2.24) is 10.3 Å². The first-order valence-electron chi connectivity index (χ1n) is 6.54. The summed E-state index contributed by atoms with van der Waals surface area (Å²) in [6, 6.07) is 6.09. The molecule has 19 heavy (non-hydrogen) atoms. The number of carbonyl (C=O) groups is 1. The molecule has 0 saturated carbocycles. The largest absolute Gasteiger partial charge is 0.352 e. The quantitative estimate of drug-likeness (QED) is 0.838. The Kier molecular flexibility index (Phi) is 4.44. The molecule has 0 radical (unpaired) electrons. The molecular weight excluding hydrogens is 243 g/mol. The standard InChI is InChI=1S/C15H17FN2O/c1-2-3-4-7-17-15(19)12-8-11-5-6-13(16)9-14(11)18-10-12/h5-6,8-10H,2-4,7H2,1H3,(H,17,19). The molecule has 0 aliphatic heterocycles. The number of fused-ring (bicyclic) bond motifs is 1. The number of benzene rings is 1. The number of rotatable bonds is 5. The zero-order chi connectivity index (χ0) is 13.7. The highest BCUT2D eigenvalue weighted by molar-refractivity contribution is 5.97. The lowest BCUT2D eigenvalue weighted by molar-refractivity contribution is 0.0953. The van der Waals surface area contributed by atoms with E-state index in [0.29, 0.717) is 17.6 Å². The number of nitrogens with one attached hydrogen (secondary N) is 1. The molecule has 1 amide bonds. The Morgan fingerprint density at radius 3 is 2.95 bits per heavy atom. The Bertz CT molecular complexity index is 583. The predicted molar refractivity (Wildman–Crippen MR) is 73.6 cm³/mol. The van der Waals surface area contributed by atoms with Gasteiger partial charge in [0.05, 0.1) is 11.1 Å². The van der Waals surface area contributed by atoms with Crippen molar-refractivity contribution in [1.29, 1.82) is 0 Å². The number of pyridine rings is 1. The predicted octanol–water partition coefficient (Wildman–Crippen LogP) is 3.29. The Labute approximate surface area is 111 Å². The van der Waals surface area contributed by atoms with E-state index in [0.717, 1.165) is 24.6 Å². The van der Waals surface area contributed by atoms with Crippen molar-refractivity contribution in [2.75, 3.05) is 6.54 Å². The lowest BCUT2D eigenvalue weighted by Gasteiger charge is -2.05. The Morgan fingerprint density at radius 2 is 2.16 bits per heavy atom. The average Bonchev–Trinajstić information content (AvgIpc) is 2.42. The smallest absolute Gasteiger partial charge is 0.252 e. The van der Waals surface area contributed by atoms with Crippen molar-refractivity contribution in [2.45, 2.75) is 26.2 Å². The lowest BCUT2D eigenvalue weighted by atomic mass is 10.1. The van der Waals surface area contributed by atoms with Crippen molar-refractivity contribution in [3.05, 3.63) is 41.8 Å². The summed E-state index contributed by atoms with van der Waals surface area (Å²) < 4.78 is 13.0. The molecule has 2 rings (SSSR count). The summed E-state index contributed by atoms with van der Waals surface area (Å²) in [7, 11) is 0. The summed E-state index contributed by atoms with van der Waals surface area (Å²) in [4.78, 5) is 16.0. The van der Waals surface area contributed by atoms with E-state index in [1.54, 1.807) is 12.1 Å². The van der Waals surface area contributed by atoms with Gasteiger partial charge in [0.15, 0.2) is 0 Å². The zero-order valence-electron chi connectivity index (χ0n) is 10.9. The number of carbonyl (C=O) groups excluding carboxylic acids is 1. The van der Waals surface area contributed by atoms with Gasteiger partial charge in [-0.05, 0) is 24.6 Å². The highest BCUT2D eigenvalue weighted by Gasteiger charge is 2.07. The minimum Gasteiger partial charge on any atom is -0.352 e. The fourth-order valence-electron chi connectivity index (χ4n) is 1.90. The lowest BCUT2D eigenvalue weighted by Crippen LogP contribution is -2.24. The third-order valence-corrected chi connectivity index (χ3v) is 2.97. The van der Waals surface area contributed by atoms with Gasteiger partial charge < -0.3 is 5.32 Å². The van der Waals surface area contributed by atoms with Crippen LogP contribution in [0.5, 0.6) is 0 Å². The minimum absolute atomic E-state index is 0.130. The van der Waals surface area contributed by atoms with Gasteiger partial charge in [-0.3, -0.25) is 9.78 Å². The molecular formula is C15H17FN2O. The number of unbranched alkanes of at least 4 members (excludes halogenated alkanes) is 2. The highest BCUT2D eigenvalue weighted by Crippen LogP contribution is 2.14. The van der Waals surface area contributed by atoms with Gasteiger partial charge >= 0.3 is 0 Å². The normalized spacial score (nSPS) is 10.6. The van der Waals surface area contributed by atoms with Gasteiger partial charge in [0, 0.05) is 24.2 Å². The molecule has 2 aromatic rings. The molecule has 0 unspecified atom stereocenters. The molecule has 1 aromatic heterocycles. The molecule has 0 atom stereocenters. The first-order valence-corrected chi connectivity index (χ1v) is 6.54. The second-order valence-corrected chi connectivity index (χ2v) is 4.52. The second kappa shape index (κ2) is 6.27. The number of aromatic nitrogens is 1. The van der Waals surface area contributed by atoms with Crippen LogP contribution in [0.2, 0.25) is 0 Å². The summed E-state index contributed by atoms with van der Waals surface area (Å²) in [6.45, 7) is 2.79. The van der Waals surface area contributed by atoms with Gasteiger partial charge in [-0.15, -0.1) is 0 Å². The maximum absolute atomic E-state index is 13.0. The van der Waals surface area contributed by atoms with Gasteiger partial charge in [-0.2, -0.15) is 0 Å². The molecule has 0 aliphatic rings. The average molecular weight is 260 g/mol. The maximum atomic E-state index is 13.0. The topological polar surface area (TPSA) is 42.0 Å². The molecule has 0 bridgehead atoms. The monoisotopic (exact) mass is 260 g/mol. The Morgan fingerprint density at radius 1 is 1.32 bits per heavy atom. The van der Waals surface area contributed by atoms with Crippen molar-refractivity contribution in [3.8, 4) is 0 Å². The number of amides is 1. The molecule has 1 heterocycles. The molecule has 100 valence electrons. The van der Waals surface area contributed by atoms with Crippen LogP contribution >= 0.6 is 0 Å². The van der Waals surface area contributed by atoms with Crippen LogP contribution in [-0.2, 0) is 0 Å². The van der Waals surface area contributed by atoms with E-state index in [9.17, 15) is 9.18 Å². The fourth-order valence-corrected chi connectivity index (χ4v) is 1.90. The molecule has 0 saturated heterocycles. The highest BCUT2D eigenvalue weighted by atomic mass is 19.1. The van der Waals surface area contributed by atoms with Crippen molar-refractivity contribution in [2.24, 2.45) is 0 Å². The summed E-state index contributed by atoms with van der Waals surface area (Å²) in [5.41, 5.74) is 1.07. The third-order valence-electron chi connectivity index (χ3n) is 2.97. The first-order chi connectivity index (χ1) is 9.20. The minimum atomic E-state index is -0.322. The van der Waals surface area contributed by atoms with E-state index in [2.05, 4.69) is 17.2 Å². The molecule has 1 aromatic carbocycles. The zero-order valence-corrected chi connectivity index (χ0v) is 10.9. The summed E-state index contributed by atoms with van der Waals surface area (Å²) in [6.07, 6.45) is 4.69. The van der Waals surface area contributed by atoms with Crippen molar-refractivity contribution >= 4 is 16.8 Å². The van der Waals surface area contributed by atoms with Crippen LogP contribution in [0, 0.1) is 5.82 Å². The number of hydrogen-bond donors (Lipinski definition) is 1. The van der Waals surface area contributed by atoms with Crippen LogP contribution in [0.4, 0.5) is 4.39 Å². The fraction of sp³-hybridized carbons (Fsp3) is 0.333. The van der Waals surface area contributed by atoms with Gasteiger partial charge in [-0.25, -0.2) is 4.39 Å². The molecule has 3 nitrogen and oxygen atoms in total. The van der Waals surface area contributed by atoms with Crippen LogP contribution < -0.4 is 5.32 Å². The van der Waals surface area contributed by atoms with Gasteiger partial charge in [0.25, 0.3) is 5.91 Å². The summed E-state index contributed by atoms with van der Waals surface area (Å²) >= 11 is 0. The van der Waals surface area contributed by atoms with E-state index in [1.807, 2.05) is 0 Å². The van der Waals surface area contributed by atoms with Crippen molar-refractivity contribution in [3.63, 3.8) is 0 Å². The SMILES string of the molecule is CCCCCNC(=O)c1cnc2cc(F)ccc2c1. The molecule has 0 aliphatic carbocycles. The van der Waals surface area contributed by atoms with Crippen LogP contribution in [-0.4, -0.2) is 17.4 Å². The molecule has 0 spiro atoms. The number of halogens is 1.